The van der Waals surface area contributed by atoms with Gasteiger partial charge in [0, 0.05) is 102 Å². The Morgan fingerprint density at radius 1 is 0.532 bits per heavy atom. The van der Waals surface area contributed by atoms with Crippen LogP contribution >= 0.6 is 11.3 Å². The molecule has 1 aliphatic carbocycles. The first kappa shape index (κ1) is 103. The number of carbonyl (C=O) groups excluding carboxylic acids is 4. The highest BCUT2D eigenvalue weighted by molar-refractivity contribution is 7.91. The molecule has 13 heterocycles. The normalized spacial score (nSPS) is 18.5. The maximum atomic E-state index is 14.8. The van der Waals surface area contributed by atoms with Crippen LogP contribution in [-0.4, -0.2) is 170 Å². The van der Waals surface area contributed by atoms with Crippen LogP contribution < -0.4 is 64.6 Å². The summed E-state index contributed by atoms with van der Waals surface area (Å²) in [4.78, 5) is 106. The van der Waals surface area contributed by atoms with Crippen molar-refractivity contribution in [3.05, 3.63) is 249 Å². The van der Waals surface area contributed by atoms with E-state index in [4.69, 9.17) is 25.2 Å². The fourth-order valence-corrected chi connectivity index (χ4v) is 23.1. The lowest BCUT2D eigenvalue weighted by atomic mass is 9.97. The van der Waals surface area contributed by atoms with Crippen LogP contribution in [0.4, 0.5) is 39.3 Å². The molecule has 5 atom stereocenters. The van der Waals surface area contributed by atoms with Crippen LogP contribution in [0, 0.1) is 36.4 Å². The molecule has 16 rings (SSSR count). The smallest absolute Gasteiger partial charge is 0.281 e. The molecule has 40 heteroatoms. The average molecular weight is 1990 g/mol. The average Bonchev–Trinajstić information content (AvgIpc) is 1.67. The molecule has 4 aliphatic heterocycles. The number of aromatic nitrogens is 8. The number of amides is 4. The Hall–Kier alpha value is -13.3. The molecular formula is C99H117FN18O16S5. The summed E-state index contributed by atoms with van der Waals surface area (Å²) < 4.78 is 138. The van der Waals surface area contributed by atoms with Gasteiger partial charge in [0.1, 0.15) is 63.2 Å². The number of aromatic amines is 1. The van der Waals surface area contributed by atoms with Gasteiger partial charge in [-0.05, 0) is 289 Å². The summed E-state index contributed by atoms with van der Waals surface area (Å²) in [6.45, 7) is 32.4. The van der Waals surface area contributed by atoms with Crippen molar-refractivity contribution in [2.75, 3.05) is 70.0 Å². The lowest BCUT2D eigenvalue weighted by Gasteiger charge is -2.34. The number of nitrogens with one attached hydrogen (secondary N) is 6. The van der Waals surface area contributed by atoms with Crippen LogP contribution in [0.5, 0.6) is 17.4 Å². The van der Waals surface area contributed by atoms with E-state index in [2.05, 4.69) is 115 Å². The van der Waals surface area contributed by atoms with E-state index < -0.39 is 80.0 Å². The summed E-state index contributed by atoms with van der Waals surface area (Å²) in [6, 6.07) is 40.5. The van der Waals surface area contributed by atoms with E-state index >= 15 is 0 Å². The number of benzene rings is 2. The summed E-state index contributed by atoms with van der Waals surface area (Å²) in [5.41, 5.74) is 6.66. The van der Waals surface area contributed by atoms with Gasteiger partial charge in [-0.2, -0.15) is 21.8 Å². The second kappa shape index (κ2) is 42.6. The van der Waals surface area contributed by atoms with Gasteiger partial charge in [0.25, 0.3) is 69.3 Å². The third-order valence-corrected chi connectivity index (χ3v) is 30.5. The predicted octanol–water partition coefficient (Wildman–Crippen LogP) is 14.8. The summed E-state index contributed by atoms with van der Waals surface area (Å²) in [5, 5.41) is 15.2. The van der Waals surface area contributed by atoms with Crippen LogP contribution in [-0.2, 0) is 46.5 Å². The number of hydrogen-bond donors (Lipinski definition) is 8. The summed E-state index contributed by atoms with van der Waals surface area (Å²) in [5.74, 6) is 0.260. The summed E-state index contributed by atoms with van der Waals surface area (Å²) in [6.07, 6.45) is 17.0. The van der Waals surface area contributed by atoms with E-state index in [-0.39, 0.29) is 94.3 Å². The van der Waals surface area contributed by atoms with Crippen molar-refractivity contribution in [1.29, 1.82) is 0 Å². The molecule has 11 aromatic rings. The highest BCUT2D eigenvalue weighted by Crippen LogP contribution is 2.44. The minimum atomic E-state index is -4.42. The number of nitrogens with zero attached hydrogens (tertiary/aromatic N) is 11. The van der Waals surface area contributed by atoms with Gasteiger partial charge in [0.15, 0.2) is 14.9 Å². The first-order valence-electron chi connectivity index (χ1n) is 45.6. The van der Waals surface area contributed by atoms with Crippen molar-refractivity contribution >= 4 is 110 Å². The minimum absolute atomic E-state index is 0.0401. The molecule has 34 nitrogen and oxygen atoms in total. The first-order valence-corrected chi connectivity index (χ1v) is 52.4. The number of thiophene rings is 1. The van der Waals surface area contributed by atoms with Gasteiger partial charge in [-0.1, -0.05) is 58.0 Å². The molecule has 0 bridgehead atoms. The van der Waals surface area contributed by atoms with Gasteiger partial charge in [-0.25, -0.2) is 70.0 Å². The number of allylic oxidation sites excluding steroid dienone is 1. The monoisotopic (exact) mass is 1990 g/mol. The topological polar surface area (TPSA) is 466 Å². The molecule has 2 aromatic carbocycles. The number of halogens is 1. The molecular weight excluding hydrogens is 1880 g/mol. The number of pyridine rings is 8. The van der Waals surface area contributed by atoms with Crippen LogP contribution in [0.15, 0.2) is 225 Å². The van der Waals surface area contributed by atoms with Gasteiger partial charge < -0.3 is 50.2 Å². The largest absolute Gasteiger partial charge is 0.507 e. The molecule has 0 saturated carbocycles. The predicted molar refractivity (Wildman–Crippen MR) is 533 cm³/mol. The first-order chi connectivity index (χ1) is 65.6. The van der Waals surface area contributed by atoms with E-state index in [0.717, 1.165) is 76.1 Å². The molecule has 139 heavy (non-hydrogen) atoms. The van der Waals surface area contributed by atoms with Crippen molar-refractivity contribution in [3.63, 3.8) is 0 Å². The SMILES string of the molecule is CC1CN(c2ncccc2C(=O)NS(=O)(=O)c2cccc(NCCc3cccs3)n2)C(C)(C)C1.CC1CN(c2ncccc2C(=O)NS(=O)(=O)c2cccc(OC3C=CCCC3)n2)C(C)(C)C1.CCOc1ccc(F)c(-c2ccc(C(=O)NS(=O)(=O)c3cccnc3N)c(N3C[C@@H](C)CC3(C)C)n2)c1.Cc1ccc(-c2ccc(C(=O)NS(=O)(=O)c3ccc[nH]c3=O)c(N3C[C@@H](C)CC3(C)C)n2)c(O)c1. The van der Waals surface area contributed by atoms with Crippen molar-refractivity contribution in [1.82, 2.24) is 58.8 Å². The zero-order valence-electron chi connectivity index (χ0n) is 79.8. The number of aryl methyl sites for hydroxylation is 1. The zero-order valence-corrected chi connectivity index (χ0v) is 83.9. The molecule has 0 radical (unpaired) electrons. The van der Waals surface area contributed by atoms with Gasteiger partial charge in [0.05, 0.1) is 40.2 Å². The number of nitrogens with two attached hydrogens (primary N) is 1. The number of H-pyrrole nitrogens is 1. The lowest BCUT2D eigenvalue weighted by Crippen LogP contribution is -2.41. The molecule has 3 unspecified atom stereocenters. The number of nitrogen functional groups attached to an aromatic ring is 1. The number of carbonyl (C=O) groups is 4. The molecule has 0 spiro atoms. The summed E-state index contributed by atoms with van der Waals surface area (Å²) in [7, 11) is -17.1. The minimum Gasteiger partial charge on any atom is -0.507 e. The third kappa shape index (κ3) is 24.9. The lowest BCUT2D eigenvalue weighted by molar-refractivity contribution is 0.0972. The van der Waals surface area contributed by atoms with Crippen molar-refractivity contribution in [3.8, 4) is 39.9 Å². The Morgan fingerprint density at radius 2 is 1.01 bits per heavy atom. The fraction of sp³-hybridized carbons (Fsp3) is 0.374. The number of aromatic hydroxyl groups is 1. The van der Waals surface area contributed by atoms with Gasteiger partial charge >= 0.3 is 0 Å². The molecule has 736 valence electrons. The van der Waals surface area contributed by atoms with E-state index in [1.807, 2.05) is 91.8 Å². The number of hydrogen-bond acceptors (Lipinski definition) is 30. The van der Waals surface area contributed by atoms with Crippen molar-refractivity contribution in [2.45, 2.75) is 196 Å². The van der Waals surface area contributed by atoms with Crippen molar-refractivity contribution in [2.24, 2.45) is 23.7 Å². The van der Waals surface area contributed by atoms with Crippen LogP contribution in [0.25, 0.3) is 22.5 Å². The molecule has 9 aromatic heterocycles. The van der Waals surface area contributed by atoms with E-state index in [1.54, 1.807) is 96.5 Å². The standard InChI is InChI=1S/C26H30FN5O4S.C25H28N4O5S.C24H29N5O3S2.C24H30N4O4S/c1-5-36-17-8-10-20(27)19(13-17)21-11-9-18(24(30-21)32-15-16(2)14-26(32,3)4)25(33)31-37(34,35)22-7-6-12-29-23(22)28;1-15-7-8-17(20(30)12-15)19-10-9-18(22(27-19)29-14-16(2)13-25(29,3)4)23(31)28-35(33,34)21-6-5-11-26-24(21)32;1-17-15-24(2,3)29(16-17)22-19(8-5-12-26-22)23(30)28-34(31,32)21-10-4-9-20(27-21)25-13-11-18-7-6-14-33-18;1-17-15-24(2,3)28(16-17)22-19(11-8-14-25-22)23(29)27-33(30,31)21-13-7-12-20(26-21)32-18-9-5-4-6-10-18/h6-13,16H,5,14-15H2,1-4H3,(H2,28,29)(H,31,33);5-12,16,30H,13-14H2,1-4H3,(H,26,32)(H,28,31);4-10,12,14,17H,11,13,15-16H2,1-3H3,(H,25,27)(H,28,30);5,7-9,11-14,17-18H,4,6,10,15-16H2,1-3H3,(H,27,29)/t2*16-;;/m00../s1. The number of phenols is 1. The number of sulfonamides is 4. The molecule has 4 amide bonds. The van der Waals surface area contributed by atoms with Gasteiger partial charge in [-0.15, -0.1) is 11.3 Å². The number of phenolic OH excluding ortho intramolecular Hbond substituents is 1. The Bertz CT molecular complexity index is 6970. The summed E-state index contributed by atoms with van der Waals surface area (Å²) >= 11 is 1.67. The maximum Gasteiger partial charge on any atom is 0.281 e. The number of ether oxygens (including phenoxy) is 2. The van der Waals surface area contributed by atoms with E-state index in [9.17, 15) is 67.1 Å². The second-order valence-corrected chi connectivity index (χ2v) is 45.4. The molecule has 4 saturated heterocycles. The van der Waals surface area contributed by atoms with E-state index in [0.29, 0.717) is 95.9 Å². The Balaban J connectivity index is 0.000000156. The highest BCUT2D eigenvalue weighted by atomic mass is 32.2. The Morgan fingerprint density at radius 3 is 1.50 bits per heavy atom. The van der Waals surface area contributed by atoms with Gasteiger partial charge in [-0.3, -0.25) is 24.0 Å². The number of rotatable bonds is 26. The van der Waals surface area contributed by atoms with Crippen LogP contribution in [0.1, 0.15) is 187 Å². The third-order valence-electron chi connectivity index (χ3n) is 24.4. The Kier molecular flexibility index (Phi) is 31.6. The van der Waals surface area contributed by atoms with Crippen LogP contribution in [0.2, 0.25) is 0 Å². The molecule has 4 fully saturated rings. The maximum absolute atomic E-state index is 14.8. The fourth-order valence-electron chi connectivity index (χ4n) is 18.4. The van der Waals surface area contributed by atoms with Crippen molar-refractivity contribution < 1.29 is 71.8 Å². The zero-order chi connectivity index (χ0) is 100. The molecule has 9 N–H and O–H groups in total. The Labute approximate surface area is 814 Å². The van der Waals surface area contributed by atoms with Gasteiger partial charge in [0.2, 0.25) is 5.88 Å². The van der Waals surface area contributed by atoms with Crippen LogP contribution in [0.3, 0.4) is 0 Å². The highest BCUT2D eigenvalue weighted by Gasteiger charge is 2.45. The van der Waals surface area contributed by atoms with E-state index in [1.165, 1.54) is 77.9 Å². The quantitative estimate of drug-likeness (QED) is 0.0233. The molecule has 5 aliphatic rings. The number of anilines is 6. The second-order valence-electron chi connectivity index (χ2n) is 37.8.